The fourth-order valence-corrected chi connectivity index (χ4v) is 2.11. The summed E-state index contributed by atoms with van der Waals surface area (Å²) in [6.07, 6.45) is 2.19. The van der Waals surface area contributed by atoms with E-state index in [9.17, 15) is 9.90 Å². The molecule has 0 saturated carbocycles. The second kappa shape index (κ2) is 5.54. The molecule has 0 aliphatic carbocycles. The van der Waals surface area contributed by atoms with Gasteiger partial charge >= 0.3 is 0 Å². The number of aromatic hydroxyl groups is 1. The standard InChI is InChI=1S/C15H17NO2/c1-16-15(18)7-3-6-11-4-2-5-12-8-9-13(17)10-14(11)12/h2,4-5,8-10,17H,3,6-7H2,1H3,(H,16,18). The second-order valence-corrected chi connectivity index (χ2v) is 4.35. The Kier molecular flexibility index (Phi) is 3.82. The predicted molar refractivity (Wildman–Crippen MR) is 72.6 cm³/mol. The van der Waals surface area contributed by atoms with Crippen molar-refractivity contribution in [3.05, 3.63) is 42.0 Å². The van der Waals surface area contributed by atoms with Crippen molar-refractivity contribution in [1.82, 2.24) is 5.32 Å². The number of carbonyl (C=O) groups is 1. The van der Waals surface area contributed by atoms with Crippen LogP contribution in [0.1, 0.15) is 18.4 Å². The van der Waals surface area contributed by atoms with E-state index in [2.05, 4.69) is 5.32 Å². The minimum atomic E-state index is 0.0677. The summed E-state index contributed by atoms with van der Waals surface area (Å²) in [5, 5.41) is 14.3. The maximum absolute atomic E-state index is 11.2. The van der Waals surface area contributed by atoms with Crippen LogP contribution in [0.3, 0.4) is 0 Å². The molecule has 0 atom stereocenters. The van der Waals surface area contributed by atoms with Gasteiger partial charge in [-0.25, -0.2) is 0 Å². The van der Waals surface area contributed by atoms with Crippen molar-refractivity contribution in [2.45, 2.75) is 19.3 Å². The van der Waals surface area contributed by atoms with Gasteiger partial charge in [-0.05, 0) is 41.3 Å². The molecule has 2 rings (SSSR count). The molecule has 0 spiro atoms. The Morgan fingerprint density at radius 2 is 2.11 bits per heavy atom. The van der Waals surface area contributed by atoms with Gasteiger partial charge in [0.15, 0.2) is 0 Å². The number of nitrogens with one attached hydrogen (secondary N) is 1. The minimum absolute atomic E-state index is 0.0677. The highest BCUT2D eigenvalue weighted by Gasteiger charge is 2.03. The van der Waals surface area contributed by atoms with Crippen LogP contribution >= 0.6 is 0 Å². The Balaban J connectivity index is 2.17. The number of rotatable bonds is 4. The molecule has 0 aliphatic rings. The van der Waals surface area contributed by atoms with Gasteiger partial charge in [-0.15, -0.1) is 0 Å². The van der Waals surface area contributed by atoms with Gasteiger partial charge in [-0.1, -0.05) is 24.3 Å². The van der Waals surface area contributed by atoms with Crippen molar-refractivity contribution in [2.24, 2.45) is 0 Å². The van der Waals surface area contributed by atoms with Gasteiger partial charge in [-0.3, -0.25) is 4.79 Å². The lowest BCUT2D eigenvalue weighted by Gasteiger charge is -2.07. The van der Waals surface area contributed by atoms with Crippen LogP contribution in [-0.4, -0.2) is 18.1 Å². The molecule has 0 radical (unpaired) electrons. The molecule has 2 aromatic rings. The van der Waals surface area contributed by atoms with E-state index in [-0.39, 0.29) is 11.7 Å². The Bertz CT molecular complexity index is 563. The highest BCUT2D eigenvalue weighted by atomic mass is 16.3. The monoisotopic (exact) mass is 243 g/mol. The van der Waals surface area contributed by atoms with Crippen molar-refractivity contribution in [2.75, 3.05) is 7.05 Å². The van der Waals surface area contributed by atoms with E-state index >= 15 is 0 Å². The van der Waals surface area contributed by atoms with Gasteiger partial charge in [0.25, 0.3) is 0 Å². The summed E-state index contributed by atoms with van der Waals surface area (Å²) in [5.74, 6) is 0.347. The van der Waals surface area contributed by atoms with Crippen molar-refractivity contribution in [3.8, 4) is 5.75 Å². The van der Waals surface area contributed by atoms with E-state index in [1.54, 1.807) is 19.2 Å². The Morgan fingerprint density at radius 1 is 1.28 bits per heavy atom. The largest absolute Gasteiger partial charge is 0.508 e. The minimum Gasteiger partial charge on any atom is -0.508 e. The summed E-state index contributed by atoms with van der Waals surface area (Å²) >= 11 is 0. The molecular formula is C15H17NO2. The van der Waals surface area contributed by atoms with Crippen molar-refractivity contribution in [3.63, 3.8) is 0 Å². The van der Waals surface area contributed by atoms with Gasteiger partial charge in [0.05, 0.1) is 0 Å². The number of carbonyl (C=O) groups excluding carboxylic acids is 1. The highest BCUT2D eigenvalue weighted by molar-refractivity contribution is 5.87. The quantitative estimate of drug-likeness (QED) is 0.867. The van der Waals surface area contributed by atoms with Gasteiger partial charge in [0, 0.05) is 13.5 Å². The molecule has 0 fully saturated rings. The average Bonchev–Trinajstić information content (AvgIpc) is 2.39. The number of phenols is 1. The maximum Gasteiger partial charge on any atom is 0.219 e. The van der Waals surface area contributed by atoms with Crippen molar-refractivity contribution in [1.29, 1.82) is 0 Å². The number of hydrogen-bond acceptors (Lipinski definition) is 2. The SMILES string of the molecule is CNC(=O)CCCc1cccc2ccc(O)cc12. The molecule has 0 saturated heterocycles. The predicted octanol–water partition coefficient (Wildman–Crippen LogP) is 2.61. The topological polar surface area (TPSA) is 49.3 Å². The first-order valence-corrected chi connectivity index (χ1v) is 6.12. The van der Waals surface area contributed by atoms with Crippen LogP contribution in [0.5, 0.6) is 5.75 Å². The molecule has 3 nitrogen and oxygen atoms in total. The van der Waals surface area contributed by atoms with Crippen molar-refractivity contribution >= 4 is 16.7 Å². The Labute approximate surface area is 106 Å². The van der Waals surface area contributed by atoms with E-state index in [1.807, 2.05) is 24.3 Å². The summed E-state index contributed by atoms with van der Waals surface area (Å²) in [7, 11) is 1.65. The third kappa shape index (κ3) is 2.80. The summed E-state index contributed by atoms with van der Waals surface area (Å²) in [6, 6.07) is 11.5. The lowest BCUT2D eigenvalue weighted by Crippen LogP contribution is -2.17. The first-order valence-electron chi connectivity index (χ1n) is 6.12. The molecule has 1 amide bonds. The van der Waals surface area contributed by atoms with E-state index < -0.39 is 0 Å². The molecular weight excluding hydrogens is 226 g/mol. The van der Waals surface area contributed by atoms with E-state index in [4.69, 9.17) is 0 Å². The Morgan fingerprint density at radius 3 is 2.89 bits per heavy atom. The zero-order valence-electron chi connectivity index (χ0n) is 10.4. The summed E-state index contributed by atoms with van der Waals surface area (Å²) in [4.78, 5) is 11.2. The zero-order valence-corrected chi connectivity index (χ0v) is 10.4. The molecule has 94 valence electrons. The van der Waals surface area contributed by atoms with Gasteiger partial charge in [0.1, 0.15) is 5.75 Å². The summed E-state index contributed by atoms with van der Waals surface area (Å²) in [5.41, 5.74) is 1.17. The van der Waals surface area contributed by atoms with E-state index in [1.165, 1.54) is 5.56 Å². The third-order valence-electron chi connectivity index (χ3n) is 3.08. The number of benzene rings is 2. The molecule has 0 aliphatic heterocycles. The number of fused-ring (bicyclic) bond motifs is 1. The molecule has 3 heteroatoms. The number of aryl methyl sites for hydroxylation is 1. The van der Waals surface area contributed by atoms with Crippen LogP contribution in [0.25, 0.3) is 10.8 Å². The fraction of sp³-hybridized carbons (Fsp3) is 0.267. The van der Waals surface area contributed by atoms with Gasteiger partial charge in [0.2, 0.25) is 5.91 Å². The number of amides is 1. The average molecular weight is 243 g/mol. The first kappa shape index (κ1) is 12.4. The van der Waals surface area contributed by atoms with Crippen molar-refractivity contribution < 1.29 is 9.90 Å². The number of phenolic OH excluding ortho intramolecular Hbond substituents is 1. The first-order chi connectivity index (χ1) is 8.70. The Hall–Kier alpha value is -2.03. The molecule has 0 bridgehead atoms. The van der Waals surface area contributed by atoms with Crippen LogP contribution in [-0.2, 0) is 11.2 Å². The zero-order chi connectivity index (χ0) is 13.0. The molecule has 0 unspecified atom stereocenters. The van der Waals surface area contributed by atoms with Crippen LogP contribution in [0.15, 0.2) is 36.4 Å². The molecule has 0 aromatic heterocycles. The van der Waals surface area contributed by atoms with Crippen LogP contribution < -0.4 is 5.32 Å². The molecule has 2 N–H and O–H groups in total. The number of hydrogen-bond donors (Lipinski definition) is 2. The highest BCUT2D eigenvalue weighted by Crippen LogP contribution is 2.24. The lowest BCUT2D eigenvalue weighted by atomic mass is 10.00. The second-order valence-electron chi connectivity index (χ2n) is 4.35. The fourth-order valence-electron chi connectivity index (χ4n) is 2.11. The summed E-state index contributed by atoms with van der Waals surface area (Å²) in [6.45, 7) is 0. The molecule has 2 aromatic carbocycles. The van der Waals surface area contributed by atoms with Crippen LogP contribution in [0, 0.1) is 0 Å². The normalized spacial score (nSPS) is 10.5. The summed E-state index contributed by atoms with van der Waals surface area (Å²) < 4.78 is 0. The smallest absolute Gasteiger partial charge is 0.219 e. The van der Waals surface area contributed by atoms with Crippen LogP contribution in [0.2, 0.25) is 0 Å². The van der Waals surface area contributed by atoms with E-state index in [0.29, 0.717) is 6.42 Å². The van der Waals surface area contributed by atoms with Crippen LogP contribution in [0.4, 0.5) is 0 Å². The van der Waals surface area contributed by atoms with Gasteiger partial charge in [-0.2, -0.15) is 0 Å². The van der Waals surface area contributed by atoms with Gasteiger partial charge < -0.3 is 10.4 Å². The third-order valence-corrected chi connectivity index (χ3v) is 3.08. The molecule has 0 heterocycles. The molecule has 18 heavy (non-hydrogen) atoms. The lowest BCUT2D eigenvalue weighted by molar-refractivity contribution is -0.120. The maximum atomic E-state index is 11.2. The van der Waals surface area contributed by atoms with E-state index in [0.717, 1.165) is 23.6 Å².